The molecule has 1 aromatic rings. The maximum Gasteiger partial charge on any atom is 0.338 e. The maximum atomic E-state index is 13.8. The van der Waals surface area contributed by atoms with Gasteiger partial charge >= 0.3 is 11.9 Å². The van der Waals surface area contributed by atoms with Crippen molar-refractivity contribution < 1.29 is 53.3 Å². The van der Waals surface area contributed by atoms with Gasteiger partial charge in [-0.1, -0.05) is 25.1 Å². The molecule has 1 spiro atoms. The predicted molar refractivity (Wildman–Crippen MR) is 160 cm³/mol. The quantitative estimate of drug-likeness (QED) is 0.323. The lowest BCUT2D eigenvalue weighted by molar-refractivity contribution is -0.322. The highest BCUT2D eigenvalue weighted by molar-refractivity contribution is 5.89. The summed E-state index contributed by atoms with van der Waals surface area (Å²) < 4.78 is 37.4. The van der Waals surface area contributed by atoms with Gasteiger partial charge in [-0.25, -0.2) is 4.79 Å². The molecule has 0 aromatic heterocycles. The van der Waals surface area contributed by atoms with Crippen LogP contribution in [0.15, 0.2) is 30.3 Å². The molecular weight excluding hydrogens is 598 g/mol. The van der Waals surface area contributed by atoms with Crippen LogP contribution in [0.4, 0.5) is 0 Å². The maximum absolute atomic E-state index is 13.8. The van der Waals surface area contributed by atoms with Gasteiger partial charge in [-0.05, 0) is 31.0 Å². The van der Waals surface area contributed by atoms with E-state index in [9.17, 15) is 24.9 Å². The van der Waals surface area contributed by atoms with E-state index in [-0.39, 0.29) is 25.0 Å². The molecule has 6 fully saturated rings. The Morgan fingerprint density at radius 3 is 2.30 bits per heavy atom. The van der Waals surface area contributed by atoms with Crippen molar-refractivity contribution in [1.82, 2.24) is 4.90 Å². The first-order chi connectivity index (χ1) is 22.0. The van der Waals surface area contributed by atoms with Crippen LogP contribution in [-0.4, -0.2) is 134 Å². The number of ether oxygens (including phenoxy) is 6. The third kappa shape index (κ3) is 3.62. The second-order valence-electron chi connectivity index (χ2n) is 14.4. The lowest BCUT2D eigenvalue weighted by atomic mass is 9.42. The van der Waals surface area contributed by atoms with Crippen LogP contribution in [0.2, 0.25) is 0 Å². The van der Waals surface area contributed by atoms with Crippen LogP contribution in [0.3, 0.4) is 0 Å². The van der Waals surface area contributed by atoms with Crippen LogP contribution < -0.4 is 0 Å². The molecule has 5 aliphatic carbocycles. The van der Waals surface area contributed by atoms with Crippen molar-refractivity contribution in [3.05, 3.63) is 35.9 Å². The molecule has 15 atom stereocenters. The lowest BCUT2D eigenvalue weighted by Gasteiger charge is -2.70. The minimum absolute atomic E-state index is 0.0791. The Labute approximate surface area is 269 Å². The molecule has 0 unspecified atom stereocenters. The van der Waals surface area contributed by atoms with E-state index in [4.69, 9.17) is 28.4 Å². The molecule has 12 nitrogen and oxygen atoms in total. The van der Waals surface area contributed by atoms with E-state index in [0.29, 0.717) is 25.1 Å². The number of aliphatic hydroxyl groups is 3. The third-order valence-corrected chi connectivity index (χ3v) is 13.2. The number of piperidine rings is 1. The fourth-order valence-corrected chi connectivity index (χ4v) is 12.3. The van der Waals surface area contributed by atoms with Crippen molar-refractivity contribution in [3.8, 4) is 0 Å². The van der Waals surface area contributed by atoms with Crippen LogP contribution in [0.5, 0.6) is 0 Å². The van der Waals surface area contributed by atoms with Gasteiger partial charge in [-0.3, -0.25) is 9.69 Å². The van der Waals surface area contributed by atoms with Gasteiger partial charge in [0.1, 0.15) is 23.9 Å². The summed E-state index contributed by atoms with van der Waals surface area (Å²) in [7, 11) is 6.27. The number of hydrogen-bond acceptors (Lipinski definition) is 12. The highest BCUT2D eigenvalue weighted by Crippen LogP contribution is 2.80. The Hall–Kier alpha value is -2.16. The average molecular weight is 646 g/mol. The van der Waals surface area contributed by atoms with E-state index in [1.807, 2.05) is 6.92 Å². The van der Waals surface area contributed by atoms with E-state index in [0.717, 1.165) is 0 Å². The van der Waals surface area contributed by atoms with Crippen molar-refractivity contribution in [2.45, 2.75) is 80.6 Å². The van der Waals surface area contributed by atoms with Crippen molar-refractivity contribution in [2.75, 3.05) is 48.1 Å². The number of esters is 2. The first kappa shape index (κ1) is 32.4. The minimum atomic E-state index is -1.83. The van der Waals surface area contributed by atoms with Gasteiger partial charge in [0.2, 0.25) is 0 Å². The van der Waals surface area contributed by atoms with Gasteiger partial charge in [0, 0.05) is 83.0 Å². The second-order valence-corrected chi connectivity index (χ2v) is 14.4. The van der Waals surface area contributed by atoms with Gasteiger partial charge < -0.3 is 43.7 Å². The Kier molecular flexibility index (Phi) is 7.69. The van der Waals surface area contributed by atoms with Gasteiger partial charge in [0.25, 0.3) is 0 Å². The number of benzene rings is 1. The van der Waals surface area contributed by atoms with Crippen molar-refractivity contribution >= 4 is 11.9 Å². The number of carbonyl (C=O) groups is 2. The van der Waals surface area contributed by atoms with Crippen LogP contribution in [0.25, 0.3) is 0 Å². The molecule has 254 valence electrons. The summed E-state index contributed by atoms with van der Waals surface area (Å²) in [6.07, 6.45) is -5.49. The van der Waals surface area contributed by atoms with E-state index < -0.39 is 88.3 Å². The molecule has 0 amide bonds. The van der Waals surface area contributed by atoms with E-state index in [2.05, 4.69) is 4.90 Å². The predicted octanol–water partition coefficient (Wildman–Crippen LogP) is 0.648. The van der Waals surface area contributed by atoms with E-state index in [1.54, 1.807) is 51.7 Å². The molecule has 1 aliphatic heterocycles. The van der Waals surface area contributed by atoms with E-state index in [1.165, 1.54) is 14.0 Å². The zero-order valence-electron chi connectivity index (χ0n) is 27.3. The Morgan fingerprint density at radius 1 is 1.00 bits per heavy atom. The monoisotopic (exact) mass is 645 g/mol. The molecule has 46 heavy (non-hydrogen) atoms. The number of rotatable bonds is 9. The summed E-state index contributed by atoms with van der Waals surface area (Å²) >= 11 is 0. The topological polar surface area (TPSA) is 153 Å². The van der Waals surface area contributed by atoms with E-state index >= 15 is 0 Å². The van der Waals surface area contributed by atoms with Gasteiger partial charge in [0.05, 0.1) is 30.5 Å². The summed E-state index contributed by atoms with van der Waals surface area (Å²) in [4.78, 5) is 29.3. The van der Waals surface area contributed by atoms with Crippen LogP contribution in [0.1, 0.15) is 37.0 Å². The number of likely N-dealkylation sites (tertiary alicyclic amines) is 1. The van der Waals surface area contributed by atoms with Crippen molar-refractivity contribution in [3.63, 3.8) is 0 Å². The standard InChI is InChI=1S/C34H47NO11/c1-7-35-15-31(16-41-3)20(37)13-21(42-4)33-19-14-32(40)28(45-30(39)18-11-9-8-10-12-18)22(19)34(46-17(2)36,27(38)29(32)44-6)23(26(33)35)24(43-5)25(31)33/h8-12,19-29,37-38,40H,7,13-16H2,1-6H3/t19-,20-,21+,22-,23+,24-,25-,26+,27-,28-,29+,31+,32+,33+,34-/m0/s1. The Morgan fingerprint density at radius 2 is 1.72 bits per heavy atom. The number of aliphatic hydroxyl groups excluding tert-OH is 2. The number of nitrogens with zero attached hydrogens (tertiary/aromatic N) is 1. The van der Waals surface area contributed by atoms with Gasteiger partial charge in [-0.15, -0.1) is 0 Å². The molecular formula is C34H47NO11. The summed E-state index contributed by atoms with van der Waals surface area (Å²) in [5.41, 5.74) is -4.79. The van der Waals surface area contributed by atoms with Gasteiger partial charge in [-0.2, -0.15) is 0 Å². The first-order valence-corrected chi connectivity index (χ1v) is 16.3. The van der Waals surface area contributed by atoms with Crippen LogP contribution in [-0.2, 0) is 33.2 Å². The minimum Gasteiger partial charge on any atom is -0.455 e. The lowest BCUT2D eigenvalue weighted by Crippen LogP contribution is -2.81. The molecule has 12 heteroatoms. The second kappa shape index (κ2) is 10.9. The van der Waals surface area contributed by atoms with Crippen LogP contribution >= 0.6 is 0 Å². The third-order valence-electron chi connectivity index (χ3n) is 13.2. The summed E-state index contributed by atoms with van der Waals surface area (Å²) in [5, 5.41) is 37.3. The summed E-state index contributed by atoms with van der Waals surface area (Å²) in [6.45, 7) is 4.68. The number of methoxy groups -OCH3 is 4. The molecule has 1 heterocycles. The zero-order valence-corrected chi connectivity index (χ0v) is 27.3. The molecule has 1 aromatic carbocycles. The fourth-order valence-electron chi connectivity index (χ4n) is 12.3. The van der Waals surface area contributed by atoms with Crippen LogP contribution in [0, 0.1) is 34.5 Å². The molecule has 0 radical (unpaired) electrons. The number of carbonyl (C=O) groups excluding carboxylic acids is 2. The first-order valence-electron chi connectivity index (χ1n) is 16.3. The average Bonchev–Trinajstić information content (AvgIpc) is 3.41. The number of hydrogen-bond donors (Lipinski definition) is 3. The highest BCUT2D eigenvalue weighted by Gasteiger charge is 2.92. The summed E-state index contributed by atoms with van der Waals surface area (Å²) in [5.74, 6) is -3.65. The van der Waals surface area contributed by atoms with Gasteiger partial charge in [0.15, 0.2) is 5.60 Å². The zero-order chi connectivity index (χ0) is 33.0. The normalized spacial score (nSPS) is 49.9. The SMILES string of the molecule is CCN1C[C@@]2(COC)[C@@H](O)C[C@@H](OC)[C@]34[C@H]5C[C@]6(O)[C@H](OC)[C@H](O)[C@](OC(C)=O)([C@@H]5[C@@H]6OC(=O)c5ccccc5)[C@H]([C@H](OC)[C@@H]23)[C@@H]14. The number of fused-ring (bicyclic) bond motifs is 2. The highest BCUT2D eigenvalue weighted by atomic mass is 16.6. The fraction of sp³-hybridized carbons (Fsp3) is 0.765. The molecule has 6 aliphatic rings. The molecule has 5 saturated carbocycles. The summed E-state index contributed by atoms with van der Waals surface area (Å²) in [6, 6.07) is 8.18. The smallest absolute Gasteiger partial charge is 0.338 e. The molecule has 7 rings (SSSR count). The largest absolute Gasteiger partial charge is 0.455 e. The Balaban J connectivity index is 1.53. The Bertz CT molecular complexity index is 1360. The molecule has 7 bridgehead atoms. The molecule has 3 N–H and O–H groups in total. The van der Waals surface area contributed by atoms with Crippen molar-refractivity contribution in [2.24, 2.45) is 34.5 Å². The van der Waals surface area contributed by atoms with Crippen molar-refractivity contribution in [1.29, 1.82) is 0 Å². The molecule has 1 saturated heterocycles.